The van der Waals surface area contributed by atoms with Crippen LogP contribution in [0.1, 0.15) is 17.1 Å². The van der Waals surface area contributed by atoms with Gasteiger partial charge in [0.25, 0.3) is 6.20 Å². The number of rotatable bonds is 5. The van der Waals surface area contributed by atoms with E-state index in [1.165, 1.54) is 6.20 Å². The number of nitrogens with one attached hydrogen (secondary N) is 1. The Balaban J connectivity index is 1.48. The quantitative estimate of drug-likeness (QED) is 0.553. The minimum absolute atomic E-state index is 0.228. The first kappa shape index (κ1) is 15.8. The molecule has 0 bridgehead atoms. The molecule has 0 radical (unpaired) electrons. The lowest BCUT2D eigenvalue weighted by Gasteiger charge is -2.05. The number of carbonyl (C=O) groups is 1. The summed E-state index contributed by atoms with van der Waals surface area (Å²) < 4.78 is 11.7. The molecule has 2 heterocycles. The third kappa shape index (κ3) is 3.81. The second kappa shape index (κ2) is 6.99. The highest BCUT2D eigenvalue weighted by Gasteiger charge is 2.14. The highest BCUT2D eigenvalue weighted by Crippen LogP contribution is 2.14. The smallest absolute Gasteiger partial charge is 0.407 e. The number of pyridine rings is 1. The van der Waals surface area contributed by atoms with Crippen molar-refractivity contribution in [2.75, 3.05) is 6.54 Å². The predicted molar refractivity (Wildman–Crippen MR) is 84.5 cm³/mol. The van der Waals surface area contributed by atoms with Gasteiger partial charge in [-0.1, -0.05) is 30.3 Å². The van der Waals surface area contributed by atoms with Crippen LogP contribution in [0, 0.1) is 6.92 Å². The first-order valence-corrected chi connectivity index (χ1v) is 7.57. The molecule has 7 heteroatoms. The number of aromatic nitrogens is 2. The standard InChI is InChI=1S/C17H17N3O4/c1-12-9-15-14(10-20(12)22)19-16(24-15)7-8-18-17(21)23-11-13-5-3-2-4-6-13/h2-6,9-10H,7-8,11H2,1H3,(H-,18,21,22)/p+1. The van der Waals surface area contributed by atoms with Gasteiger partial charge in [0.1, 0.15) is 6.61 Å². The summed E-state index contributed by atoms with van der Waals surface area (Å²) in [6.07, 6.45) is 1.43. The van der Waals surface area contributed by atoms with Crippen LogP contribution in [0.5, 0.6) is 0 Å². The lowest BCUT2D eigenvalue weighted by molar-refractivity contribution is -0.908. The van der Waals surface area contributed by atoms with Crippen molar-refractivity contribution in [1.29, 1.82) is 0 Å². The molecule has 24 heavy (non-hydrogen) atoms. The van der Waals surface area contributed by atoms with Crippen molar-refractivity contribution in [2.45, 2.75) is 20.0 Å². The number of amides is 1. The van der Waals surface area contributed by atoms with E-state index >= 15 is 0 Å². The lowest BCUT2D eigenvalue weighted by atomic mass is 10.2. The molecule has 0 fully saturated rings. The molecule has 0 spiro atoms. The number of fused-ring (bicyclic) bond motifs is 1. The lowest BCUT2D eigenvalue weighted by Crippen LogP contribution is -2.32. The maximum atomic E-state index is 11.6. The molecule has 3 rings (SSSR count). The van der Waals surface area contributed by atoms with Gasteiger partial charge >= 0.3 is 6.09 Å². The van der Waals surface area contributed by atoms with Gasteiger partial charge in [0.2, 0.25) is 5.69 Å². The molecule has 124 valence electrons. The highest BCUT2D eigenvalue weighted by atomic mass is 16.5. The summed E-state index contributed by atoms with van der Waals surface area (Å²) in [5, 5.41) is 12.2. The van der Waals surface area contributed by atoms with Gasteiger partial charge in [-0.25, -0.2) is 9.78 Å². The monoisotopic (exact) mass is 328 g/mol. The van der Waals surface area contributed by atoms with E-state index in [1.807, 2.05) is 30.3 Å². The molecule has 0 unspecified atom stereocenters. The summed E-state index contributed by atoms with van der Waals surface area (Å²) in [6, 6.07) is 11.2. The van der Waals surface area contributed by atoms with Crippen LogP contribution >= 0.6 is 0 Å². The normalized spacial score (nSPS) is 10.7. The first-order valence-electron chi connectivity index (χ1n) is 7.57. The average Bonchev–Trinajstić information content (AvgIpc) is 2.96. The second-order valence-corrected chi connectivity index (χ2v) is 5.35. The molecule has 2 aromatic heterocycles. The molecular formula is C17H18N3O4+. The van der Waals surface area contributed by atoms with Crippen LogP contribution in [-0.2, 0) is 17.8 Å². The third-order valence-electron chi connectivity index (χ3n) is 3.49. The molecule has 0 aliphatic rings. The number of hydrogen-bond acceptors (Lipinski definition) is 5. The predicted octanol–water partition coefficient (Wildman–Crippen LogP) is 2.13. The Morgan fingerprint density at radius 1 is 1.38 bits per heavy atom. The molecule has 0 saturated carbocycles. The molecule has 1 aromatic carbocycles. The number of alkyl carbamates (subject to hydrolysis) is 1. The second-order valence-electron chi connectivity index (χ2n) is 5.35. The van der Waals surface area contributed by atoms with Gasteiger partial charge in [-0.2, -0.15) is 0 Å². The molecule has 7 nitrogen and oxygen atoms in total. The molecule has 0 atom stereocenters. The fourth-order valence-electron chi connectivity index (χ4n) is 2.21. The number of carbonyl (C=O) groups excluding carboxylic acids is 1. The van der Waals surface area contributed by atoms with Crippen LogP contribution in [0.3, 0.4) is 0 Å². The average molecular weight is 328 g/mol. The van der Waals surface area contributed by atoms with E-state index in [-0.39, 0.29) is 6.61 Å². The van der Waals surface area contributed by atoms with Crippen molar-refractivity contribution < 1.29 is 23.9 Å². The van der Waals surface area contributed by atoms with Crippen molar-refractivity contribution in [3.05, 3.63) is 59.7 Å². The summed E-state index contributed by atoms with van der Waals surface area (Å²) in [4.78, 5) is 15.9. The summed E-state index contributed by atoms with van der Waals surface area (Å²) in [6.45, 7) is 2.33. The maximum absolute atomic E-state index is 11.6. The Morgan fingerprint density at radius 2 is 2.17 bits per heavy atom. The van der Waals surface area contributed by atoms with Crippen LogP contribution in [-0.4, -0.2) is 22.8 Å². The van der Waals surface area contributed by atoms with E-state index in [0.717, 1.165) is 10.3 Å². The van der Waals surface area contributed by atoms with Gasteiger partial charge in [-0.15, -0.1) is 0 Å². The fraction of sp³-hybridized carbons (Fsp3) is 0.235. The van der Waals surface area contributed by atoms with Crippen LogP contribution in [0.2, 0.25) is 0 Å². The summed E-state index contributed by atoms with van der Waals surface area (Å²) in [5.74, 6) is 0.485. The molecular weight excluding hydrogens is 310 g/mol. The first-order chi connectivity index (χ1) is 11.6. The topological polar surface area (TPSA) is 88.5 Å². The van der Waals surface area contributed by atoms with Crippen LogP contribution in [0.25, 0.3) is 11.1 Å². The van der Waals surface area contributed by atoms with Crippen LogP contribution in [0.15, 0.2) is 47.0 Å². The van der Waals surface area contributed by atoms with Gasteiger partial charge in [-0.05, 0) is 5.56 Å². The zero-order chi connectivity index (χ0) is 16.9. The van der Waals surface area contributed by atoms with Gasteiger partial charge in [0, 0.05) is 24.6 Å². The zero-order valence-corrected chi connectivity index (χ0v) is 13.2. The minimum Gasteiger partial charge on any atom is -0.445 e. The molecule has 2 N–H and O–H groups in total. The molecule has 0 aliphatic heterocycles. The van der Waals surface area contributed by atoms with Crippen LogP contribution < -0.4 is 10.0 Å². The van der Waals surface area contributed by atoms with E-state index in [2.05, 4.69) is 10.3 Å². The molecule has 0 aliphatic carbocycles. The van der Waals surface area contributed by atoms with Gasteiger partial charge in [0.05, 0.1) is 6.07 Å². The van der Waals surface area contributed by atoms with E-state index in [0.29, 0.717) is 35.6 Å². The Kier molecular flexibility index (Phi) is 4.60. The molecule has 3 aromatic rings. The Morgan fingerprint density at radius 3 is 2.96 bits per heavy atom. The van der Waals surface area contributed by atoms with Crippen molar-refractivity contribution in [1.82, 2.24) is 10.3 Å². The summed E-state index contributed by atoms with van der Waals surface area (Å²) >= 11 is 0. The number of ether oxygens (including phenoxy) is 1. The maximum Gasteiger partial charge on any atom is 0.407 e. The molecule has 0 saturated heterocycles. The van der Waals surface area contributed by atoms with Crippen molar-refractivity contribution in [2.24, 2.45) is 0 Å². The number of benzene rings is 1. The number of nitrogens with zero attached hydrogens (tertiary/aromatic N) is 2. The van der Waals surface area contributed by atoms with E-state index in [1.54, 1.807) is 13.0 Å². The van der Waals surface area contributed by atoms with E-state index in [4.69, 9.17) is 9.15 Å². The van der Waals surface area contributed by atoms with Gasteiger partial charge in [-0.3, -0.25) is 5.21 Å². The van der Waals surface area contributed by atoms with Crippen molar-refractivity contribution in [3.63, 3.8) is 0 Å². The SMILES string of the molecule is Cc1cc2oc(CCNC(=O)OCc3ccccc3)nc2c[n+]1O. The Hall–Kier alpha value is -3.09. The van der Waals surface area contributed by atoms with Crippen LogP contribution in [0.4, 0.5) is 4.79 Å². The Bertz CT molecular complexity index is 807. The highest BCUT2D eigenvalue weighted by molar-refractivity contribution is 5.70. The minimum atomic E-state index is -0.487. The van der Waals surface area contributed by atoms with Gasteiger partial charge in [0.15, 0.2) is 17.0 Å². The third-order valence-corrected chi connectivity index (χ3v) is 3.49. The Labute approximate surface area is 138 Å². The largest absolute Gasteiger partial charge is 0.445 e. The number of aryl methyl sites for hydroxylation is 1. The van der Waals surface area contributed by atoms with Gasteiger partial charge < -0.3 is 14.5 Å². The zero-order valence-electron chi connectivity index (χ0n) is 13.2. The summed E-state index contributed by atoms with van der Waals surface area (Å²) in [5.41, 5.74) is 2.73. The van der Waals surface area contributed by atoms with Crippen molar-refractivity contribution >= 4 is 17.2 Å². The molecule has 1 amide bonds. The summed E-state index contributed by atoms with van der Waals surface area (Å²) in [7, 11) is 0. The number of oxazole rings is 1. The van der Waals surface area contributed by atoms with E-state index in [9.17, 15) is 10.0 Å². The van der Waals surface area contributed by atoms with E-state index < -0.39 is 6.09 Å². The number of hydrogen-bond donors (Lipinski definition) is 2. The fourth-order valence-corrected chi connectivity index (χ4v) is 2.21. The van der Waals surface area contributed by atoms with Crippen molar-refractivity contribution in [3.8, 4) is 0 Å².